The SMILES string of the molecule is COCC(NCC(O)c1ccc(F)c(F)c1)c1ccccc1. The van der Waals surface area contributed by atoms with Crippen molar-refractivity contribution in [2.45, 2.75) is 12.1 Å². The van der Waals surface area contributed by atoms with Gasteiger partial charge in [0.1, 0.15) is 0 Å². The summed E-state index contributed by atoms with van der Waals surface area (Å²) in [4.78, 5) is 0. The van der Waals surface area contributed by atoms with Crippen molar-refractivity contribution < 1.29 is 18.6 Å². The lowest BCUT2D eigenvalue weighted by molar-refractivity contribution is 0.139. The molecule has 0 aromatic heterocycles. The molecule has 0 fully saturated rings. The lowest BCUT2D eigenvalue weighted by Crippen LogP contribution is -2.29. The van der Waals surface area contributed by atoms with E-state index in [0.717, 1.165) is 17.7 Å². The summed E-state index contributed by atoms with van der Waals surface area (Å²) in [5.41, 5.74) is 1.36. The molecule has 2 N–H and O–H groups in total. The van der Waals surface area contributed by atoms with E-state index in [4.69, 9.17) is 4.74 Å². The number of nitrogens with one attached hydrogen (secondary N) is 1. The molecule has 0 aliphatic heterocycles. The molecule has 0 aliphatic carbocycles. The Morgan fingerprint density at radius 3 is 2.41 bits per heavy atom. The molecule has 0 spiro atoms. The first-order valence-corrected chi connectivity index (χ1v) is 7.02. The molecule has 2 aromatic carbocycles. The molecular formula is C17H19F2NO2. The topological polar surface area (TPSA) is 41.5 Å². The van der Waals surface area contributed by atoms with Gasteiger partial charge in [-0.2, -0.15) is 0 Å². The molecule has 3 nitrogen and oxygen atoms in total. The third kappa shape index (κ3) is 4.34. The normalized spacial score (nSPS) is 13.8. The van der Waals surface area contributed by atoms with Crippen LogP contribution in [0.1, 0.15) is 23.3 Å². The molecule has 2 aromatic rings. The standard InChI is InChI=1S/C17H19F2NO2/c1-22-11-16(12-5-3-2-4-6-12)20-10-17(21)13-7-8-14(18)15(19)9-13/h2-9,16-17,20-21H,10-11H2,1H3. The molecule has 2 atom stereocenters. The van der Waals surface area contributed by atoms with Gasteiger partial charge in [0, 0.05) is 13.7 Å². The van der Waals surface area contributed by atoms with Gasteiger partial charge in [0.15, 0.2) is 11.6 Å². The van der Waals surface area contributed by atoms with E-state index in [9.17, 15) is 13.9 Å². The Morgan fingerprint density at radius 1 is 1.05 bits per heavy atom. The molecule has 0 heterocycles. The van der Waals surface area contributed by atoms with E-state index in [2.05, 4.69) is 5.32 Å². The Bertz CT molecular complexity index is 592. The minimum absolute atomic E-state index is 0.0915. The highest BCUT2D eigenvalue weighted by atomic mass is 19.2. The second kappa shape index (κ2) is 7.98. The van der Waals surface area contributed by atoms with E-state index in [1.807, 2.05) is 30.3 Å². The smallest absolute Gasteiger partial charge is 0.159 e. The molecular weight excluding hydrogens is 288 g/mol. The van der Waals surface area contributed by atoms with Gasteiger partial charge in [-0.05, 0) is 23.3 Å². The molecule has 118 valence electrons. The van der Waals surface area contributed by atoms with Gasteiger partial charge < -0.3 is 15.2 Å². The van der Waals surface area contributed by atoms with Gasteiger partial charge in [0.25, 0.3) is 0 Å². The van der Waals surface area contributed by atoms with Crippen molar-refractivity contribution in [2.24, 2.45) is 0 Å². The summed E-state index contributed by atoms with van der Waals surface area (Å²) in [6, 6.07) is 13.0. The summed E-state index contributed by atoms with van der Waals surface area (Å²) in [6.07, 6.45) is -0.932. The predicted octanol–water partition coefficient (Wildman–Crippen LogP) is 2.98. The zero-order chi connectivity index (χ0) is 15.9. The van der Waals surface area contributed by atoms with Crippen LogP contribution < -0.4 is 5.32 Å². The van der Waals surface area contributed by atoms with Crippen molar-refractivity contribution in [1.82, 2.24) is 5.32 Å². The monoisotopic (exact) mass is 307 g/mol. The summed E-state index contributed by atoms with van der Waals surface area (Å²) in [5.74, 6) is -1.89. The highest BCUT2D eigenvalue weighted by Crippen LogP contribution is 2.18. The Kier molecular flexibility index (Phi) is 6.00. The van der Waals surface area contributed by atoms with Gasteiger partial charge >= 0.3 is 0 Å². The van der Waals surface area contributed by atoms with Crippen molar-refractivity contribution >= 4 is 0 Å². The number of aliphatic hydroxyl groups is 1. The Hall–Kier alpha value is -1.82. The Labute approximate surface area is 128 Å². The summed E-state index contributed by atoms with van der Waals surface area (Å²) in [7, 11) is 1.60. The molecule has 5 heteroatoms. The maximum Gasteiger partial charge on any atom is 0.159 e. The fourth-order valence-corrected chi connectivity index (χ4v) is 2.22. The summed E-state index contributed by atoms with van der Waals surface area (Å²) in [6.45, 7) is 0.641. The van der Waals surface area contributed by atoms with Gasteiger partial charge in [-0.1, -0.05) is 36.4 Å². The van der Waals surface area contributed by atoms with Crippen molar-refractivity contribution in [2.75, 3.05) is 20.3 Å². The third-order valence-electron chi connectivity index (χ3n) is 3.42. The molecule has 0 saturated carbocycles. The summed E-state index contributed by atoms with van der Waals surface area (Å²) in [5, 5.41) is 13.3. The van der Waals surface area contributed by atoms with Crippen molar-refractivity contribution in [1.29, 1.82) is 0 Å². The number of rotatable bonds is 7. The molecule has 0 saturated heterocycles. The van der Waals surface area contributed by atoms with Crippen LogP contribution in [-0.2, 0) is 4.74 Å². The number of methoxy groups -OCH3 is 1. The number of aliphatic hydroxyl groups excluding tert-OH is 1. The highest BCUT2D eigenvalue weighted by Gasteiger charge is 2.15. The minimum atomic E-state index is -0.965. The Morgan fingerprint density at radius 2 is 1.77 bits per heavy atom. The molecule has 0 bridgehead atoms. The summed E-state index contributed by atoms with van der Waals surface area (Å²) >= 11 is 0. The minimum Gasteiger partial charge on any atom is -0.387 e. The van der Waals surface area contributed by atoms with Crippen LogP contribution in [0.5, 0.6) is 0 Å². The van der Waals surface area contributed by atoms with Crippen molar-refractivity contribution in [3.8, 4) is 0 Å². The number of hydrogen-bond donors (Lipinski definition) is 2. The maximum atomic E-state index is 13.2. The first-order chi connectivity index (χ1) is 10.6. The van der Waals surface area contributed by atoms with E-state index >= 15 is 0 Å². The highest BCUT2D eigenvalue weighted by molar-refractivity contribution is 5.21. The van der Waals surface area contributed by atoms with Crippen LogP contribution in [0, 0.1) is 11.6 Å². The van der Waals surface area contributed by atoms with Crippen LogP contribution in [0.4, 0.5) is 8.78 Å². The van der Waals surface area contributed by atoms with Crippen LogP contribution in [0.3, 0.4) is 0 Å². The lowest BCUT2D eigenvalue weighted by atomic mass is 10.1. The number of ether oxygens (including phenoxy) is 1. The molecule has 2 unspecified atom stereocenters. The van der Waals surface area contributed by atoms with E-state index < -0.39 is 17.7 Å². The zero-order valence-corrected chi connectivity index (χ0v) is 12.3. The Balaban J connectivity index is 2.01. The van der Waals surface area contributed by atoms with Gasteiger partial charge in [-0.3, -0.25) is 0 Å². The summed E-state index contributed by atoms with van der Waals surface area (Å²) < 4.78 is 31.3. The first-order valence-electron chi connectivity index (χ1n) is 7.02. The fourth-order valence-electron chi connectivity index (χ4n) is 2.22. The van der Waals surface area contributed by atoms with E-state index in [1.165, 1.54) is 6.07 Å². The van der Waals surface area contributed by atoms with Crippen LogP contribution >= 0.6 is 0 Å². The second-order valence-corrected chi connectivity index (χ2v) is 5.02. The van der Waals surface area contributed by atoms with Crippen molar-refractivity contribution in [3.05, 3.63) is 71.3 Å². The second-order valence-electron chi connectivity index (χ2n) is 5.02. The molecule has 0 aliphatic rings. The van der Waals surface area contributed by atoms with Crippen LogP contribution in [0.15, 0.2) is 48.5 Å². The van der Waals surface area contributed by atoms with Gasteiger partial charge in [-0.15, -0.1) is 0 Å². The van der Waals surface area contributed by atoms with E-state index in [1.54, 1.807) is 7.11 Å². The largest absolute Gasteiger partial charge is 0.387 e. The van der Waals surface area contributed by atoms with Gasteiger partial charge in [0.05, 0.1) is 18.8 Å². The quantitative estimate of drug-likeness (QED) is 0.826. The van der Waals surface area contributed by atoms with Crippen LogP contribution in [0.2, 0.25) is 0 Å². The third-order valence-corrected chi connectivity index (χ3v) is 3.42. The average molecular weight is 307 g/mol. The first kappa shape index (κ1) is 16.5. The van der Waals surface area contributed by atoms with Crippen LogP contribution in [-0.4, -0.2) is 25.4 Å². The number of hydrogen-bond acceptors (Lipinski definition) is 3. The fraction of sp³-hybridized carbons (Fsp3) is 0.294. The maximum absolute atomic E-state index is 13.2. The lowest BCUT2D eigenvalue weighted by Gasteiger charge is -2.21. The molecule has 22 heavy (non-hydrogen) atoms. The number of benzene rings is 2. The van der Waals surface area contributed by atoms with Gasteiger partial charge in [-0.25, -0.2) is 8.78 Å². The molecule has 0 amide bonds. The average Bonchev–Trinajstić information content (AvgIpc) is 2.54. The zero-order valence-electron chi connectivity index (χ0n) is 12.3. The van der Waals surface area contributed by atoms with Crippen molar-refractivity contribution in [3.63, 3.8) is 0 Å². The van der Waals surface area contributed by atoms with E-state index in [0.29, 0.717) is 12.2 Å². The van der Waals surface area contributed by atoms with Crippen LogP contribution in [0.25, 0.3) is 0 Å². The van der Waals surface area contributed by atoms with Gasteiger partial charge in [0.2, 0.25) is 0 Å². The number of halogens is 2. The molecule has 0 radical (unpaired) electrons. The molecule has 2 rings (SSSR count). The van der Waals surface area contributed by atoms with E-state index in [-0.39, 0.29) is 12.6 Å². The predicted molar refractivity (Wildman–Crippen MR) is 80.4 cm³/mol.